The predicted molar refractivity (Wildman–Crippen MR) is 54.6 cm³/mol. The molecule has 0 spiro atoms. The highest BCUT2D eigenvalue weighted by atomic mass is 35.5. The lowest BCUT2D eigenvalue weighted by Crippen LogP contribution is -2.10. The summed E-state index contributed by atoms with van der Waals surface area (Å²) in [6.07, 6.45) is 0. The number of aryl methyl sites for hydroxylation is 2. The molecule has 0 aromatic carbocycles. The Morgan fingerprint density at radius 3 is 2.79 bits per heavy atom. The zero-order valence-electron chi connectivity index (χ0n) is 7.76. The van der Waals surface area contributed by atoms with Crippen molar-refractivity contribution in [1.29, 1.82) is 0 Å². The second-order valence-corrected chi connectivity index (χ2v) is 3.48. The van der Waals surface area contributed by atoms with Crippen LogP contribution in [0, 0.1) is 13.8 Å². The molecule has 2 aromatic rings. The quantitative estimate of drug-likeness (QED) is 0.671. The molecule has 5 heteroatoms. The number of fused-ring (bicyclic) bond motifs is 1. The van der Waals surface area contributed by atoms with Gasteiger partial charge in [0, 0.05) is 0 Å². The minimum Gasteiger partial charge on any atom is -0.310 e. The van der Waals surface area contributed by atoms with Gasteiger partial charge in [-0.15, -0.1) is 0 Å². The van der Waals surface area contributed by atoms with Gasteiger partial charge in [0.05, 0.1) is 5.39 Å². The number of nitrogens with zero attached hydrogens (tertiary/aromatic N) is 2. The molecule has 0 unspecified atom stereocenters. The molecule has 0 atom stereocenters. The first-order valence-electron chi connectivity index (χ1n) is 4.11. The minimum atomic E-state index is -0.181. The van der Waals surface area contributed by atoms with E-state index >= 15 is 0 Å². The number of aromatic amines is 1. The highest BCUT2D eigenvalue weighted by Gasteiger charge is 2.05. The van der Waals surface area contributed by atoms with Crippen molar-refractivity contribution in [2.75, 3.05) is 0 Å². The molecule has 2 aromatic heterocycles. The third kappa shape index (κ3) is 1.37. The van der Waals surface area contributed by atoms with E-state index in [0.717, 1.165) is 5.56 Å². The number of H-pyrrole nitrogens is 1. The number of aromatic nitrogens is 3. The molecular formula is C9H8ClN3O. The van der Waals surface area contributed by atoms with Gasteiger partial charge >= 0.3 is 0 Å². The van der Waals surface area contributed by atoms with Crippen LogP contribution in [0.25, 0.3) is 11.0 Å². The van der Waals surface area contributed by atoms with Gasteiger partial charge in [-0.2, -0.15) is 0 Å². The van der Waals surface area contributed by atoms with E-state index in [4.69, 9.17) is 11.6 Å². The van der Waals surface area contributed by atoms with Crippen molar-refractivity contribution in [2.24, 2.45) is 0 Å². The van der Waals surface area contributed by atoms with Crippen LogP contribution < -0.4 is 5.56 Å². The Kier molecular flexibility index (Phi) is 2.00. The van der Waals surface area contributed by atoms with Gasteiger partial charge in [-0.3, -0.25) is 4.79 Å². The minimum absolute atomic E-state index is 0.181. The summed E-state index contributed by atoms with van der Waals surface area (Å²) < 4.78 is 0. The molecule has 0 aliphatic heterocycles. The molecular weight excluding hydrogens is 202 g/mol. The molecule has 72 valence electrons. The first-order chi connectivity index (χ1) is 6.58. The topological polar surface area (TPSA) is 58.6 Å². The average molecular weight is 210 g/mol. The zero-order chi connectivity index (χ0) is 10.3. The highest BCUT2D eigenvalue weighted by Crippen LogP contribution is 2.15. The standard InChI is InChI=1S/C9H8ClN3O/c1-4-3-6-8(13-7(4)10)11-5(2)12-9(6)14/h3H,1-2H3,(H,11,12,13,14). The number of halogens is 1. The molecule has 0 aliphatic rings. The van der Waals surface area contributed by atoms with Crippen molar-refractivity contribution in [3.05, 3.63) is 33.0 Å². The highest BCUT2D eigenvalue weighted by molar-refractivity contribution is 6.30. The third-order valence-corrected chi connectivity index (χ3v) is 2.33. The largest absolute Gasteiger partial charge is 0.310 e. The van der Waals surface area contributed by atoms with Gasteiger partial charge in [0.25, 0.3) is 5.56 Å². The van der Waals surface area contributed by atoms with E-state index in [9.17, 15) is 4.79 Å². The molecule has 0 saturated heterocycles. The van der Waals surface area contributed by atoms with E-state index in [1.54, 1.807) is 19.9 Å². The summed E-state index contributed by atoms with van der Waals surface area (Å²) in [5.74, 6) is 0.537. The zero-order valence-corrected chi connectivity index (χ0v) is 8.51. The van der Waals surface area contributed by atoms with Crippen molar-refractivity contribution in [2.45, 2.75) is 13.8 Å². The maximum Gasteiger partial charge on any atom is 0.260 e. The summed E-state index contributed by atoms with van der Waals surface area (Å²) in [5.41, 5.74) is 0.983. The summed E-state index contributed by atoms with van der Waals surface area (Å²) in [6, 6.07) is 1.69. The smallest absolute Gasteiger partial charge is 0.260 e. The maximum absolute atomic E-state index is 11.5. The van der Waals surface area contributed by atoms with Crippen LogP contribution >= 0.6 is 11.6 Å². The van der Waals surface area contributed by atoms with Gasteiger partial charge in [-0.1, -0.05) is 11.6 Å². The lowest BCUT2D eigenvalue weighted by Gasteiger charge is -2.00. The van der Waals surface area contributed by atoms with E-state index in [2.05, 4.69) is 15.0 Å². The van der Waals surface area contributed by atoms with Crippen molar-refractivity contribution in [1.82, 2.24) is 15.0 Å². The van der Waals surface area contributed by atoms with E-state index in [1.165, 1.54) is 0 Å². The molecule has 0 saturated carbocycles. The molecule has 0 aliphatic carbocycles. The summed E-state index contributed by atoms with van der Waals surface area (Å²) in [6.45, 7) is 3.50. The maximum atomic E-state index is 11.5. The van der Waals surface area contributed by atoms with E-state index in [-0.39, 0.29) is 5.56 Å². The lowest BCUT2D eigenvalue weighted by atomic mass is 10.2. The third-order valence-electron chi connectivity index (χ3n) is 1.94. The van der Waals surface area contributed by atoms with E-state index < -0.39 is 0 Å². The molecule has 14 heavy (non-hydrogen) atoms. The molecule has 0 fully saturated rings. The summed E-state index contributed by atoms with van der Waals surface area (Å²) in [5, 5.41) is 0.854. The van der Waals surface area contributed by atoms with Gasteiger partial charge in [0.1, 0.15) is 11.0 Å². The molecule has 4 nitrogen and oxygen atoms in total. The fraction of sp³-hybridized carbons (Fsp3) is 0.222. The van der Waals surface area contributed by atoms with Gasteiger partial charge in [0.2, 0.25) is 0 Å². The first-order valence-corrected chi connectivity index (χ1v) is 4.49. The van der Waals surface area contributed by atoms with Gasteiger partial charge in [-0.05, 0) is 25.5 Å². The lowest BCUT2D eigenvalue weighted by molar-refractivity contribution is 1.04. The van der Waals surface area contributed by atoms with Gasteiger partial charge < -0.3 is 4.98 Å². The fourth-order valence-corrected chi connectivity index (χ4v) is 1.39. The number of nitrogens with one attached hydrogen (secondary N) is 1. The van der Waals surface area contributed by atoms with Crippen molar-refractivity contribution in [3.63, 3.8) is 0 Å². The first kappa shape index (κ1) is 9.15. The van der Waals surface area contributed by atoms with Crippen LogP contribution in [0.2, 0.25) is 5.15 Å². The van der Waals surface area contributed by atoms with Gasteiger partial charge in [0.15, 0.2) is 5.65 Å². The van der Waals surface area contributed by atoms with Crippen LogP contribution in [0.3, 0.4) is 0 Å². The van der Waals surface area contributed by atoms with Crippen molar-refractivity contribution < 1.29 is 0 Å². The summed E-state index contributed by atoms with van der Waals surface area (Å²) >= 11 is 5.83. The second-order valence-electron chi connectivity index (χ2n) is 3.12. The Labute approximate surface area is 85.0 Å². The molecule has 1 N–H and O–H groups in total. The monoisotopic (exact) mass is 209 g/mol. The Balaban J connectivity index is 2.96. The number of hydrogen-bond acceptors (Lipinski definition) is 3. The summed E-state index contributed by atoms with van der Waals surface area (Å²) in [7, 11) is 0. The SMILES string of the molecule is Cc1nc2nc(Cl)c(C)cc2c(=O)[nH]1. The van der Waals surface area contributed by atoms with E-state index in [1.807, 2.05) is 0 Å². The van der Waals surface area contributed by atoms with Crippen LogP contribution in [-0.2, 0) is 0 Å². The molecule has 0 amide bonds. The Morgan fingerprint density at radius 1 is 1.36 bits per heavy atom. The summed E-state index contributed by atoms with van der Waals surface area (Å²) in [4.78, 5) is 22.2. The normalized spacial score (nSPS) is 10.8. The van der Waals surface area contributed by atoms with Crippen LogP contribution in [0.4, 0.5) is 0 Å². The van der Waals surface area contributed by atoms with Crippen LogP contribution in [0.15, 0.2) is 10.9 Å². The number of pyridine rings is 1. The molecule has 2 rings (SSSR count). The Hall–Kier alpha value is -1.42. The van der Waals surface area contributed by atoms with Gasteiger partial charge in [-0.25, -0.2) is 9.97 Å². The average Bonchev–Trinajstić information content (AvgIpc) is 2.08. The molecule has 2 heterocycles. The van der Waals surface area contributed by atoms with Crippen LogP contribution in [0.1, 0.15) is 11.4 Å². The van der Waals surface area contributed by atoms with E-state index in [0.29, 0.717) is 22.0 Å². The van der Waals surface area contributed by atoms with Crippen molar-refractivity contribution >= 4 is 22.6 Å². The van der Waals surface area contributed by atoms with Crippen LogP contribution in [-0.4, -0.2) is 15.0 Å². The number of hydrogen-bond donors (Lipinski definition) is 1. The van der Waals surface area contributed by atoms with Crippen molar-refractivity contribution in [3.8, 4) is 0 Å². The molecule has 0 radical (unpaired) electrons. The molecule has 0 bridgehead atoms. The fourth-order valence-electron chi connectivity index (χ4n) is 1.25. The second kappa shape index (κ2) is 3.06. The predicted octanol–water partition coefficient (Wildman–Crippen LogP) is 1.59. The van der Waals surface area contributed by atoms with Crippen LogP contribution in [0.5, 0.6) is 0 Å². The Bertz CT molecular complexity index is 562. The number of rotatable bonds is 0. The Morgan fingerprint density at radius 2 is 2.07 bits per heavy atom.